The molecule has 5 heteroatoms. The molecular formula is C14H19N3O2. The molecule has 0 spiro atoms. The van der Waals surface area contributed by atoms with Crippen molar-refractivity contribution in [2.24, 2.45) is 0 Å². The highest BCUT2D eigenvalue weighted by Crippen LogP contribution is 2.28. The lowest BCUT2D eigenvalue weighted by Gasteiger charge is -2.45. The Bertz CT molecular complexity index is 469. The van der Waals surface area contributed by atoms with Crippen LogP contribution in [0.15, 0.2) is 24.5 Å². The van der Waals surface area contributed by atoms with E-state index < -0.39 is 5.54 Å². The number of hydrogen-bond acceptors (Lipinski definition) is 3. The Hall–Kier alpha value is -1.91. The summed E-state index contributed by atoms with van der Waals surface area (Å²) >= 11 is 0. The van der Waals surface area contributed by atoms with Gasteiger partial charge in [-0.15, -0.1) is 0 Å². The third kappa shape index (κ3) is 2.32. The van der Waals surface area contributed by atoms with Crippen LogP contribution in [0.4, 0.5) is 0 Å². The zero-order chi connectivity index (χ0) is 13.9. The van der Waals surface area contributed by atoms with E-state index >= 15 is 0 Å². The van der Waals surface area contributed by atoms with Crippen molar-refractivity contribution in [3.05, 3.63) is 30.1 Å². The van der Waals surface area contributed by atoms with Gasteiger partial charge in [-0.25, -0.2) is 0 Å². The van der Waals surface area contributed by atoms with Gasteiger partial charge in [0, 0.05) is 18.9 Å². The number of carbonyl (C=O) groups excluding carboxylic acids is 2. The molecule has 0 aromatic carbocycles. The van der Waals surface area contributed by atoms with Crippen molar-refractivity contribution in [2.45, 2.75) is 38.8 Å². The predicted molar refractivity (Wildman–Crippen MR) is 71.1 cm³/mol. The van der Waals surface area contributed by atoms with Crippen LogP contribution in [-0.2, 0) is 16.1 Å². The molecule has 0 aliphatic carbocycles. The van der Waals surface area contributed by atoms with Gasteiger partial charge in [0.2, 0.25) is 11.8 Å². The second-order valence-corrected chi connectivity index (χ2v) is 4.76. The van der Waals surface area contributed by atoms with Crippen molar-refractivity contribution >= 4 is 11.8 Å². The fourth-order valence-electron chi connectivity index (χ4n) is 2.64. The minimum absolute atomic E-state index is 0.0277. The summed E-state index contributed by atoms with van der Waals surface area (Å²) in [6, 6.07) is 3.74. The maximum absolute atomic E-state index is 12.2. The van der Waals surface area contributed by atoms with Gasteiger partial charge in [0.05, 0.1) is 6.54 Å². The summed E-state index contributed by atoms with van der Waals surface area (Å²) in [6.07, 6.45) is 4.63. The molecule has 1 aliphatic heterocycles. The largest absolute Gasteiger partial charge is 0.345 e. The number of aromatic nitrogens is 1. The molecule has 1 N–H and O–H groups in total. The Morgan fingerprint density at radius 2 is 1.89 bits per heavy atom. The van der Waals surface area contributed by atoms with Gasteiger partial charge in [0.25, 0.3) is 0 Å². The van der Waals surface area contributed by atoms with Gasteiger partial charge < -0.3 is 10.2 Å². The fraction of sp³-hybridized carbons (Fsp3) is 0.500. The Morgan fingerprint density at radius 3 is 2.47 bits per heavy atom. The van der Waals surface area contributed by atoms with Gasteiger partial charge in [0.1, 0.15) is 5.54 Å². The van der Waals surface area contributed by atoms with Crippen molar-refractivity contribution in [1.82, 2.24) is 15.2 Å². The zero-order valence-electron chi connectivity index (χ0n) is 11.3. The number of pyridine rings is 1. The van der Waals surface area contributed by atoms with Gasteiger partial charge >= 0.3 is 0 Å². The van der Waals surface area contributed by atoms with E-state index in [0.717, 1.165) is 5.56 Å². The number of rotatable bonds is 4. The molecule has 102 valence electrons. The zero-order valence-corrected chi connectivity index (χ0v) is 11.3. The molecule has 5 nitrogen and oxygen atoms in total. The molecule has 1 aromatic heterocycles. The molecule has 1 saturated heterocycles. The molecule has 0 saturated carbocycles. The summed E-state index contributed by atoms with van der Waals surface area (Å²) in [5.74, 6) is -0.0775. The second-order valence-electron chi connectivity index (χ2n) is 4.76. The van der Waals surface area contributed by atoms with Crippen LogP contribution in [0.3, 0.4) is 0 Å². The Labute approximate surface area is 113 Å². The molecule has 2 rings (SSSR count). The van der Waals surface area contributed by atoms with E-state index in [9.17, 15) is 9.59 Å². The van der Waals surface area contributed by atoms with E-state index in [4.69, 9.17) is 0 Å². The van der Waals surface area contributed by atoms with Crippen molar-refractivity contribution in [2.75, 3.05) is 6.54 Å². The molecule has 1 aliphatic rings. The first kappa shape index (κ1) is 13.5. The number of nitrogens with zero attached hydrogens (tertiary/aromatic N) is 2. The molecule has 2 heterocycles. The molecule has 1 fully saturated rings. The van der Waals surface area contributed by atoms with Crippen LogP contribution in [0.2, 0.25) is 0 Å². The Kier molecular flexibility index (Phi) is 3.83. The highest BCUT2D eigenvalue weighted by molar-refractivity contribution is 5.97. The predicted octanol–water partition coefficient (Wildman–Crippen LogP) is 1.10. The number of amides is 2. The number of carbonyl (C=O) groups is 2. The van der Waals surface area contributed by atoms with Crippen LogP contribution < -0.4 is 5.32 Å². The van der Waals surface area contributed by atoms with E-state index in [1.165, 1.54) is 0 Å². The van der Waals surface area contributed by atoms with Crippen LogP contribution in [0, 0.1) is 0 Å². The molecule has 0 bridgehead atoms. The van der Waals surface area contributed by atoms with Crippen LogP contribution in [0.25, 0.3) is 0 Å². The first-order valence-corrected chi connectivity index (χ1v) is 6.61. The first-order chi connectivity index (χ1) is 9.14. The van der Waals surface area contributed by atoms with Gasteiger partial charge in [-0.2, -0.15) is 0 Å². The fourth-order valence-corrected chi connectivity index (χ4v) is 2.64. The summed E-state index contributed by atoms with van der Waals surface area (Å²) < 4.78 is 0. The topological polar surface area (TPSA) is 62.3 Å². The molecule has 0 radical (unpaired) electrons. The van der Waals surface area contributed by atoms with E-state index in [1.807, 2.05) is 26.0 Å². The van der Waals surface area contributed by atoms with Crippen molar-refractivity contribution in [1.29, 1.82) is 0 Å². The maximum Gasteiger partial charge on any atom is 0.246 e. The third-order valence-electron chi connectivity index (χ3n) is 3.90. The van der Waals surface area contributed by atoms with Gasteiger partial charge in [-0.1, -0.05) is 13.8 Å². The number of piperazine rings is 1. The molecule has 2 amide bonds. The maximum atomic E-state index is 12.2. The number of hydrogen-bond donors (Lipinski definition) is 1. The highest BCUT2D eigenvalue weighted by Gasteiger charge is 2.46. The smallest absolute Gasteiger partial charge is 0.246 e. The van der Waals surface area contributed by atoms with Crippen molar-refractivity contribution < 1.29 is 9.59 Å². The molecule has 0 atom stereocenters. The quantitative estimate of drug-likeness (QED) is 0.882. The molecule has 19 heavy (non-hydrogen) atoms. The molecule has 1 aromatic rings. The average molecular weight is 261 g/mol. The summed E-state index contributed by atoms with van der Waals surface area (Å²) in [7, 11) is 0. The monoisotopic (exact) mass is 261 g/mol. The average Bonchev–Trinajstić information content (AvgIpc) is 2.45. The van der Waals surface area contributed by atoms with Crippen molar-refractivity contribution in [3.63, 3.8) is 0 Å². The Morgan fingerprint density at radius 1 is 1.26 bits per heavy atom. The second kappa shape index (κ2) is 5.38. The normalized spacial score (nSPS) is 18.3. The minimum Gasteiger partial charge on any atom is -0.345 e. The lowest BCUT2D eigenvalue weighted by Crippen LogP contribution is -2.66. The third-order valence-corrected chi connectivity index (χ3v) is 3.90. The lowest BCUT2D eigenvalue weighted by atomic mass is 9.87. The van der Waals surface area contributed by atoms with E-state index in [0.29, 0.717) is 19.4 Å². The minimum atomic E-state index is -0.724. The summed E-state index contributed by atoms with van der Waals surface area (Å²) in [5, 5.41) is 2.70. The van der Waals surface area contributed by atoms with Gasteiger partial charge in [-0.05, 0) is 30.5 Å². The van der Waals surface area contributed by atoms with Crippen LogP contribution in [-0.4, -0.2) is 33.8 Å². The molecular weight excluding hydrogens is 242 g/mol. The molecule has 0 unspecified atom stereocenters. The first-order valence-electron chi connectivity index (χ1n) is 6.61. The van der Waals surface area contributed by atoms with Crippen molar-refractivity contribution in [3.8, 4) is 0 Å². The summed E-state index contributed by atoms with van der Waals surface area (Å²) in [4.78, 5) is 30.1. The SMILES string of the molecule is CCC1(CC)C(=O)NCC(=O)N1Cc1ccncc1. The number of nitrogens with one attached hydrogen (secondary N) is 1. The van der Waals surface area contributed by atoms with E-state index in [-0.39, 0.29) is 18.4 Å². The Balaban J connectivity index is 2.32. The van der Waals surface area contributed by atoms with Crippen LogP contribution in [0.5, 0.6) is 0 Å². The van der Waals surface area contributed by atoms with Gasteiger partial charge in [-0.3, -0.25) is 14.6 Å². The highest BCUT2D eigenvalue weighted by atomic mass is 16.2. The summed E-state index contributed by atoms with van der Waals surface area (Å²) in [6.45, 7) is 4.44. The van der Waals surface area contributed by atoms with Gasteiger partial charge in [0.15, 0.2) is 0 Å². The van der Waals surface area contributed by atoms with E-state index in [1.54, 1.807) is 17.3 Å². The van der Waals surface area contributed by atoms with Crippen LogP contribution >= 0.6 is 0 Å². The summed E-state index contributed by atoms with van der Waals surface area (Å²) in [5.41, 5.74) is 0.267. The van der Waals surface area contributed by atoms with Crippen LogP contribution in [0.1, 0.15) is 32.3 Å². The lowest BCUT2D eigenvalue weighted by molar-refractivity contribution is -0.155. The standard InChI is InChI=1S/C14H19N3O2/c1-3-14(4-2)13(19)16-9-12(18)17(14)10-11-5-7-15-8-6-11/h5-8H,3-4,9-10H2,1-2H3,(H,16,19). The van der Waals surface area contributed by atoms with E-state index in [2.05, 4.69) is 10.3 Å².